The second-order valence-corrected chi connectivity index (χ2v) is 7.41. The molecule has 0 bridgehead atoms. The van der Waals surface area contributed by atoms with E-state index in [1.807, 2.05) is 12.1 Å². The minimum Gasteiger partial charge on any atom is -0.505 e. The molecule has 156 valence electrons. The smallest absolute Gasteiger partial charge is 0.258 e. The second kappa shape index (κ2) is 8.28. The van der Waals surface area contributed by atoms with Crippen LogP contribution in [0.2, 0.25) is 0 Å². The maximum absolute atomic E-state index is 13.2. The molecule has 30 heavy (non-hydrogen) atoms. The Morgan fingerprint density at radius 3 is 2.83 bits per heavy atom. The van der Waals surface area contributed by atoms with Gasteiger partial charge in [-0.1, -0.05) is 18.7 Å². The van der Waals surface area contributed by atoms with Crippen LogP contribution in [0.25, 0.3) is 10.9 Å². The fourth-order valence-electron chi connectivity index (χ4n) is 4.04. The van der Waals surface area contributed by atoms with Gasteiger partial charge in [-0.3, -0.25) is 9.78 Å². The van der Waals surface area contributed by atoms with E-state index in [1.165, 1.54) is 13.0 Å². The van der Waals surface area contributed by atoms with Gasteiger partial charge in [-0.15, -0.1) is 0 Å². The van der Waals surface area contributed by atoms with Crippen molar-refractivity contribution in [1.82, 2.24) is 9.88 Å². The van der Waals surface area contributed by atoms with Crippen molar-refractivity contribution in [3.05, 3.63) is 65.7 Å². The van der Waals surface area contributed by atoms with Gasteiger partial charge < -0.3 is 19.6 Å². The number of phenols is 1. The third-order valence-corrected chi connectivity index (χ3v) is 5.45. The number of anilines is 1. The quantitative estimate of drug-likeness (QED) is 0.763. The van der Waals surface area contributed by atoms with Gasteiger partial charge in [0.25, 0.3) is 5.91 Å². The molecule has 0 atom stereocenters. The van der Waals surface area contributed by atoms with Gasteiger partial charge in [0, 0.05) is 43.3 Å². The standard InChI is InChI=1S/C23H24FN3O3/c1-3-16(7-6-15(2)24)13-27-14-18-19(23(27)29)22(28)20-17(5-4-8-25-20)21(18)26-9-11-30-12-10-26/h3-8,28H,1,9-14H2,2H3/b15-6+,16-7+. The summed E-state index contributed by atoms with van der Waals surface area (Å²) in [7, 11) is 0. The van der Waals surface area contributed by atoms with Crippen LogP contribution >= 0.6 is 0 Å². The lowest BCUT2D eigenvalue weighted by Crippen LogP contribution is -2.37. The molecule has 0 spiro atoms. The van der Waals surface area contributed by atoms with Crippen LogP contribution in [0, 0.1) is 0 Å². The number of ether oxygens (including phenoxy) is 1. The predicted octanol–water partition coefficient (Wildman–Crippen LogP) is 3.72. The van der Waals surface area contributed by atoms with Crippen LogP contribution in [0.15, 0.2) is 54.5 Å². The van der Waals surface area contributed by atoms with E-state index in [4.69, 9.17) is 4.74 Å². The number of pyridine rings is 1. The molecule has 0 aliphatic carbocycles. The highest BCUT2D eigenvalue weighted by atomic mass is 19.1. The molecule has 1 aromatic carbocycles. The van der Waals surface area contributed by atoms with Crippen molar-refractivity contribution in [3.8, 4) is 5.75 Å². The Morgan fingerprint density at radius 2 is 2.13 bits per heavy atom. The summed E-state index contributed by atoms with van der Waals surface area (Å²) in [4.78, 5) is 21.4. The zero-order valence-corrected chi connectivity index (χ0v) is 16.9. The summed E-state index contributed by atoms with van der Waals surface area (Å²) in [6, 6.07) is 3.75. The number of aromatic nitrogens is 1. The van der Waals surface area contributed by atoms with Crippen LogP contribution in [-0.2, 0) is 11.3 Å². The van der Waals surface area contributed by atoms with Crippen LogP contribution in [0.3, 0.4) is 0 Å². The number of nitrogens with zero attached hydrogens (tertiary/aromatic N) is 3. The van der Waals surface area contributed by atoms with Gasteiger partial charge in [0.2, 0.25) is 0 Å². The van der Waals surface area contributed by atoms with Gasteiger partial charge in [-0.25, -0.2) is 4.39 Å². The molecule has 4 rings (SSSR count). The maximum atomic E-state index is 13.2. The first-order valence-corrected chi connectivity index (χ1v) is 9.91. The molecule has 1 saturated heterocycles. The Hall–Kier alpha value is -3.19. The predicted molar refractivity (Wildman–Crippen MR) is 114 cm³/mol. The SMILES string of the molecule is C=C/C(=C\C=C(/C)F)CN1Cc2c(c(O)c3ncccc3c2N2CCOCC2)C1=O. The first-order valence-electron chi connectivity index (χ1n) is 9.91. The average Bonchev–Trinajstić information content (AvgIpc) is 3.08. The largest absolute Gasteiger partial charge is 0.505 e. The number of hydrogen-bond donors (Lipinski definition) is 1. The number of amides is 1. The van der Waals surface area contributed by atoms with E-state index in [2.05, 4.69) is 16.5 Å². The molecule has 0 unspecified atom stereocenters. The lowest BCUT2D eigenvalue weighted by Gasteiger charge is -2.31. The number of allylic oxidation sites excluding steroid dienone is 3. The van der Waals surface area contributed by atoms with E-state index in [9.17, 15) is 14.3 Å². The lowest BCUT2D eigenvalue weighted by molar-refractivity contribution is 0.0791. The Balaban J connectivity index is 1.80. The fourth-order valence-corrected chi connectivity index (χ4v) is 4.04. The van der Waals surface area contributed by atoms with Crippen LogP contribution in [0.4, 0.5) is 10.1 Å². The van der Waals surface area contributed by atoms with Crippen molar-refractivity contribution < 1.29 is 19.0 Å². The van der Waals surface area contributed by atoms with E-state index < -0.39 is 0 Å². The Kier molecular flexibility index (Phi) is 5.55. The van der Waals surface area contributed by atoms with Crippen LogP contribution in [0.1, 0.15) is 22.8 Å². The number of phenolic OH excluding ortho intramolecular Hbond substituents is 1. The average molecular weight is 409 g/mol. The van der Waals surface area contributed by atoms with Crippen LogP contribution < -0.4 is 4.90 Å². The van der Waals surface area contributed by atoms with Crippen molar-refractivity contribution in [1.29, 1.82) is 0 Å². The molecule has 1 amide bonds. The highest BCUT2D eigenvalue weighted by molar-refractivity contribution is 6.11. The van der Waals surface area contributed by atoms with Gasteiger partial charge in [0.1, 0.15) is 5.52 Å². The molecular formula is C23H24FN3O3. The molecule has 0 radical (unpaired) electrons. The van der Waals surface area contributed by atoms with Gasteiger partial charge >= 0.3 is 0 Å². The summed E-state index contributed by atoms with van der Waals surface area (Å²) >= 11 is 0. The first kappa shape index (κ1) is 20.1. The molecule has 1 N–H and O–H groups in total. The second-order valence-electron chi connectivity index (χ2n) is 7.41. The number of aromatic hydroxyl groups is 1. The summed E-state index contributed by atoms with van der Waals surface area (Å²) in [5.41, 5.74) is 3.14. The Morgan fingerprint density at radius 1 is 1.37 bits per heavy atom. The van der Waals surface area contributed by atoms with Gasteiger partial charge in [0.05, 0.1) is 30.3 Å². The van der Waals surface area contributed by atoms with E-state index in [0.717, 1.165) is 16.6 Å². The summed E-state index contributed by atoms with van der Waals surface area (Å²) in [5.74, 6) is -0.679. The van der Waals surface area contributed by atoms with E-state index in [1.54, 1.807) is 23.2 Å². The van der Waals surface area contributed by atoms with Crippen LogP contribution in [0.5, 0.6) is 5.75 Å². The van der Waals surface area contributed by atoms with Crippen LogP contribution in [-0.4, -0.2) is 53.7 Å². The summed E-state index contributed by atoms with van der Waals surface area (Å²) in [5, 5.41) is 11.7. The summed E-state index contributed by atoms with van der Waals surface area (Å²) in [6.45, 7) is 8.36. The minimum absolute atomic E-state index is 0.0891. The summed E-state index contributed by atoms with van der Waals surface area (Å²) in [6.07, 6.45) is 6.17. The molecule has 0 saturated carbocycles. The highest BCUT2D eigenvalue weighted by Crippen LogP contribution is 2.44. The highest BCUT2D eigenvalue weighted by Gasteiger charge is 2.36. The van der Waals surface area contributed by atoms with Crippen molar-refractivity contribution in [2.45, 2.75) is 13.5 Å². The maximum Gasteiger partial charge on any atom is 0.258 e. The number of halogens is 1. The van der Waals surface area contributed by atoms with Crippen molar-refractivity contribution >= 4 is 22.5 Å². The first-order chi connectivity index (χ1) is 14.5. The zero-order valence-electron chi connectivity index (χ0n) is 16.9. The van der Waals surface area contributed by atoms with Gasteiger partial charge in [-0.2, -0.15) is 0 Å². The minimum atomic E-state index is -0.324. The third kappa shape index (κ3) is 3.57. The number of carbonyl (C=O) groups excluding carboxylic acids is 1. The van der Waals surface area contributed by atoms with E-state index in [0.29, 0.717) is 49.5 Å². The number of morpholine rings is 1. The topological polar surface area (TPSA) is 65.9 Å². The zero-order chi connectivity index (χ0) is 21.3. The number of benzene rings is 1. The normalized spacial score (nSPS) is 17.6. The molecule has 3 heterocycles. The van der Waals surface area contributed by atoms with E-state index in [-0.39, 0.29) is 24.0 Å². The molecule has 7 heteroatoms. The monoisotopic (exact) mass is 409 g/mol. The van der Waals surface area contributed by atoms with Crippen molar-refractivity contribution in [3.63, 3.8) is 0 Å². The Labute approximate surface area is 174 Å². The molecule has 2 aliphatic rings. The number of fused-ring (bicyclic) bond motifs is 2. The summed E-state index contributed by atoms with van der Waals surface area (Å²) < 4.78 is 18.6. The number of carbonyl (C=O) groups is 1. The van der Waals surface area contributed by atoms with E-state index >= 15 is 0 Å². The Bertz CT molecular complexity index is 1070. The van der Waals surface area contributed by atoms with Gasteiger partial charge in [-0.05, 0) is 30.7 Å². The van der Waals surface area contributed by atoms with Crippen molar-refractivity contribution in [2.75, 3.05) is 37.7 Å². The molecule has 6 nitrogen and oxygen atoms in total. The molecule has 1 fully saturated rings. The van der Waals surface area contributed by atoms with Gasteiger partial charge in [0.15, 0.2) is 5.75 Å². The molecule has 2 aliphatic heterocycles. The fraction of sp³-hybridized carbons (Fsp3) is 0.304. The molecule has 2 aromatic rings. The van der Waals surface area contributed by atoms with Crippen molar-refractivity contribution in [2.24, 2.45) is 0 Å². The lowest BCUT2D eigenvalue weighted by atomic mass is 10.00. The number of hydrogen-bond acceptors (Lipinski definition) is 5. The molecular weight excluding hydrogens is 385 g/mol. The third-order valence-electron chi connectivity index (χ3n) is 5.45. The number of rotatable bonds is 5. The molecule has 1 aromatic heterocycles.